The number of benzene rings is 1. The Morgan fingerprint density at radius 3 is 2.67 bits per heavy atom. The lowest BCUT2D eigenvalue weighted by Crippen LogP contribution is -2.49. The second-order valence-electron chi connectivity index (χ2n) is 6.62. The molecule has 1 aliphatic heterocycles. The molecule has 2 aromatic rings. The fraction of sp³-hybridized carbons (Fsp3) is 0.368. The maximum Gasteiger partial charge on any atom is 0.323 e. The van der Waals surface area contributed by atoms with Crippen molar-refractivity contribution < 1.29 is 23.7 Å². The molecule has 0 spiro atoms. The van der Waals surface area contributed by atoms with E-state index in [1.807, 2.05) is 31.2 Å². The van der Waals surface area contributed by atoms with E-state index in [0.29, 0.717) is 0 Å². The Kier molecular flexibility index (Phi) is 4.98. The molecule has 8 heteroatoms. The number of nitrogens with zero attached hydrogens (tertiary/aromatic N) is 1. The molecule has 0 radical (unpaired) electrons. The molecule has 1 N–H and O–H groups in total. The fourth-order valence-electron chi connectivity index (χ4n) is 3.88. The van der Waals surface area contributed by atoms with E-state index >= 15 is 0 Å². The lowest BCUT2D eigenvalue weighted by molar-refractivity contribution is -0.486. The largest absolute Gasteiger partial charge is 0.469 e. The molecule has 2 heterocycles. The number of esters is 1. The molecule has 1 aliphatic rings. The molecule has 0 aliphatic carbocycles. The highest BCUT2D eigenvalue weighted by molar-refractivity contribution is 6.06. The van der Waals surface area contributed by atoms with E-state index in [0.717, 1.165) is 11.1 Å². The molecule has 1 aromatic heterocycles. The predicted molar refractivity (Wildman–Crippen MR) is 94.7 cm³/mol. The molecule has 1 aromatic carbocycles. The van der Waals surface area contributed by atoms with Crippen molar-refractivity contribution in [2.45, 2.75) is 18.8 Å². The zero-order valence-corrected chi connectivity index (χ0v) is 15.0. The zero-order valence-electron chi connectivity index (χ0n) is 15.0. The topological polar surface area (TPSA) is 112 Å². The molecule has 0 saturated carbocycles. The molecule has 0 unspecified atom stereocenters. The van der Waals surface area contributed by atoms with Crippen molar-refractivity contribution in [3.8, 4) is 0 Å². The highest BCUT2D eigenvalue weighted by atomic mass is 16.6. The molecule has 27 heavy (non-hydrogen) atoms. The minimum absolute atomic E-state index is 0.173. The molecule has 1 saturated heterocycles. The Hall–Kier alpha value is -3.16. The average Bonchev–Trinajstić information content (AvgIpc) is 3.28. The van der Waals surface area contributed by atoms with E-state index in [4.69, 9.17) is 9.15 Å². The van der Waals surface area contributed by atoms with E-state index in [1.54, 1.807) is 6.07 Å². The lowest BCUT2D eigenvalue weighted by atomic mass is 9.64. The molecule has 1 amide bonds. The first-order chi connectivity index (χ1) is 12.9. The molecule has 142 valence electrons. The highest BCUT2D eigenvalue weighted by Gasteiger charge is 2.64. The number of carbonyl (C=O) groups is 2. The van der Waals surface area contributed by atoms with Gasteiger partial charge >= 0.3 is 5.97 Å². The number of hydrogen-bond donors (Lipinski definition) is 1. The van der Waals surface area contributed by atoms with Crippen molar-refractivity contribution in [3.63, 3.8) is 0 Å². The molecule has 3 atom stereocenters. The number of hydrogen-bond acceptors (Lipinski definition) is 6. The third-order valence-corrected chi connectivity index (χ3v) is 5.16. The first-order valence-corrected chi connectivity index (χ1v) is 8.49. The zero-order chi connectivity index (χ0) is 19.6. The first kappa shape index (κ1) is 18.6. The molecule has 0 bridgehead atoms. The van der Waals surface area contributed by atoms with Gasteiger partial charge in [-0.2, -0.15) is 0 Å². The van der Waals surface area contributed by atoms with Gasteiger partial charge in [-0.3, -0.25) is 19.7 Å². The van der Waals surface area contributed by atoms with Gasteiger partial charge in [-0.1, -0.05) is 29.8 Å². The summed E-state index contributed by atoms with van der Waals surface area (Å²) in [5.74, 6) is -2.95. The Labute approximate surface area is 155 Å². The maximum atomic E-state index is 13.0. The van der Waals surface area contributed by atoms with Crippen LogP contribution in [0.3, 0.4) is 0 Å². The van der Waals surface area contributed by atoms with Gasteiger partial charge in [0, 0.05) is 17.4 Å². The predicted octanol–water partition coefficient (Wildman–Crippen LogP) is 2.02. The van der Waals surface area contributed by atoms with Gasteiger partial charge in [-0.25, -0.2) is 0 Å². The normalized spacial score (nSPS) is 22.9. The lowest BCUT2D eigenvalue weighted by Gasteiger charge is -2.34. The molecule has 8 nitrogen and oxygen atoms in total. The Morgan fingerprint density at radius 1 is 1.41 bits per heavy atom. The standard InChI is InChI=1S/C19H20N2O6/c1-12-5-7-13(8-6-12)14-10-20-17(22)19(14,18(23)26-2)15(11-21(24)25)16-4-3-9-27-16/h3-9,14-15H,10-11H2,1-2H3,(H,20,22)/t14-,15+,19+/m1/s1. The number of amides is 1. The van der Waals surface area contributed by atoms with Gasteiger partial charge in [-0.05, 0) is 24.6 Å². The van der Waals surface area contributed by atoms with E-state index in [9.17, 15) is 19.7 Å². The average molecular weight is 372 g/mol. The fourth-order valence-corrected chi connectivity index (χ4v) is 3.88. The van der Waals surface area contributed by atoms with Crippen LogP contribution in [0, 0.1) is 22.5 Å². The number of carbonyl (C=O) groups excluding carboxylic acids is 2. The van der Waals surface area contributed by atoms with Crippen LogP contribution in [0.1, 0.15) is 28.7 Å². The quantitative estimate of drug-likeness (QED) is 0.359. The van der Waals surface area contributed by atoms with Crippen molar-refractivity contribution in [3.05, 3.63) is 69.7 Å². The van der Waals surface area contributed by atoms with E-state index < -0.39 is 40.6 Å². The number of ether oxygens (including phenoxy) is 1. The summed E-state index contributed by atoms with van der Waals surface area (Å²) in [5.41, 5.74) is -0.0496. The molecular formula is C19H20N2O6. The summed E-state index contributed by atoms with van der Waals surface area (Å²) in [5, 5.41) is 14.1. The van der Waals surface area contributed by atoms with Gasteiger partial charge in [-0.15, -0.1) is 0 Å². The van der Waals surface area contributed by atoms with Crippen molar-refractivity contribution in [1.29, 1.82) is 0 Å². The summed E-state index contributed by atoms with van der Waals surface area (Å²) in [7, 11) is 1.17. The Balaban J connectivity index is 2.21. The molecule has 1 fully saturated rings. The van der Waals surface area contributed by atoms with Crippen LogP contribution in [0.5, 0.6) is 0 Å². The summed E-state index contributed by atoms with van der Waals surface area (Å²) < 4.78 is 10.4. The second kappa shape index (κ2) is 7.22. The molecule has 3 rings (SSSR count). The SMILES string of the molecule is COC(=O)[C@@]1([C@@H](C[N+](=O)[O-])c2ccco2)C(=O)NC[C@@H]1c1ccc(C)cc1. The van der Waals surface area contributed by atoms with Crippen LogP contribution in [-0.4, -0.2) is 37.0 Å². The number of nitrogens with one attached hydrogen (secondary N) is 1. The smallest absolute Gasteiger partial charge is 0.323 e. The second-order valence-corrected chi connectivity index (χ2v) is 6.62. The van der Waals surface area contributed by atoms with Gasteiger partial charge in [0.15, 0.2) is 5.41 Å². The summed E-state index contributed by atoms with van der Waals surface area (Å²) in [6.07, 6.45) is 1.36. The molecular weight excluding hydrogens is 352 g/mol. The van der Waals surface area contributed by atoms with E-state index in [2.05, 4.69) is 5.32 Å². The van der Waals surface area contributed by atoms with Gasteiger partial charge in [0.1, 0.15) is 11.7 Å². The number of aryl methyl sites for hydroxylation is 1. The van der Waals surface area contributed by atoms with Gasteiger partial charge < -0.3 is 14.5 Å². The third kappa shape index (κ3) is 3.07. The van der Waals surface area contributed by atoms with Crippen LogP contribution in [-0.2, 0) is 14.3 Å². The van der Waals surface area contributed by atoms with Crippen LogP contribution in [0.4, 0.5) is 0 Å². The van der Waals surface area contributed by atoms with Gasteiger partial charge in [0.2, 0.25) is 12.5 Å². The first-order valence-electron chi connectivity index (χ1n) is 8.49. The van der Waals surface area contributed by atoms with Crippen molar-refractivity contribution in [2.24, 2.45) is 5.41 Å². The van der Waals surface area contributed by atoms with Crippen LogP contribution in [0.15, 0.2) is 47.1 Å². The highest BCUT2D eigenvalue weighted by Crippen LogP contribution is 2.51. The third-order valence-electron chi connectivity index (χ3n) is 5.16. The van der Waals surface area contributed by atoms with Gasteiger partial charge in [0.05, 0.1) is 13.4 Å². The number of methoxy groups -OCH3 is 1. The Bertz CT molecular complexity index is 846. The monoisotopic (exact) mass is 372 g/mol. The van der Waals surface area contributed by atoms with Crippen LogP contribution in [0.2, 0.25) is 0 Å². The van der Waals surface area contributed by atoms with Crippen molar-refractivity contribution in [1.82, 2.24) is 5.32 Å². The van der Waals surface area contributed by atoms with Gasteiger partial charge in [0.25, 0.3) is 0 Å². The summed E-state index contributed by atoms with van der Waals surface area (Å²) in [6.45, 7) is 1.46. The van der Waals surface area contributed by atoms with Crippen molar-refractivity contribution >= 4 is 11.9 Å². The maximum absolute atomic E-state index is 13.0. The number of nitro groups is 1. The summed E-state index contributed by atoms with van der Waals surface area (Å²) >= 11 is 0. The van der Waals surface area contributed by atoms with E-state index in [1.165, 1.54) is 19.4 Å². The number of rotatable bonds is 6. The van der Waals surface area contributed by atoms with Crippen LogP contribution < -0.4 is 5.32 Å². The Morgan fingerprint density at radius 2 is 2.11 bits per heavy atom. The number of furan rings is 1. The van der Waals surface area contributed by atoms with E-state index in [-0.39, 0.29) is 12.3 Å². The summed E-state index contributed by atoms with van der Waals surface area (Å²) in [6, 6.07) is 10.5. The minimum atomic E-state index is -1.80. The summed E-state index contributed by atoms with van der Waals surface area (Å²) in [4.78, 5) is 36.8. The van der Waals surface area contributed by atoms with Crippen LogP contribution >= 0.6 is 0 Å². The van der Waals surface area contributed by atoms with Crippen LogP contribution in [0.25, 0.3) is 0 Å². The van der Waals surface area contributed by atoms with Crippen molar-refractivity contribution in [2.75, 3.05) is 20.2 Å². The minimum Gasteiger partial charge on any atom is -0.469 e.